The van der Waals surface area contributed by atoms with Crippen molar-refractivity contribution < 1.29 is 9.53 Å². The molecule has 0 atom stereocenters. The summed E-state index contributed by atoms with van der Waals surface area (Å²) in [6, 6.07) is 0. The molecule has 0 spiro atoms. The predicted octanol–water partition coefficient (Wildman–Crippen LogP) is 1.98. The molecule has 10 heavy (non-hydrogen) atoms. The Labute approximate surface area is 62.6 Å². The Hall–Kier alpha value is -0.530. The second-order valence-electron chi connectivity index (χ2n) is 3.69. The van der Waals surface area contributed by atoms with Gasteiger partial charge in [-0.15, -0.1) is 0 Å². The lowest BCUT2D eigenvalue weighted by molar-refractivity contribution is -0.158. The number of ether oxygens (including phenoxy) is 1. The van der Waals surface area contributed by atoms with E-state index in [9.17, 15) is 4.79 Å². The number of rotatable bonds is 1. The average molecular weight is 144 g/mol. The van der Waals surface area contributed by atoms with Crippen molar-refractivity contribution in [2.75, 3.05) is 0 Å². The first-order valence-corrected chi connectivity index (χ1v) is 3.56. The Morgan fingerprint density at radius 2 is 1.70 bits per heavy atom. The summed E-state index contributed by atoms with van der Waals surface area (Å²) in [5.41, 5.74) is -0.346. The molecule has 0 aliphatic heterocycles. The fourth-order valence-corrected chi connectivity index (χ4v) is 0.420. The van der Waals surface area contributed by atoms with Gasteiger partial charge in [0.15, 0.2) is 0 Å². The van der Waals surface area contributed by atoms with Gasteiger partial charge < -0.3 is 4.74 Å². The van der Waals surface area contributed by atoms with Crippen LogP contribution in [0, 0.1) is 5.92 Å². The summed E-state index contributed by atoms with van der Waals surface area (Å²) in [6.45, 7) is 9.26. The Balaban J connectivity index is 3.81. The summed E-state index contributed by atoms with van der Waals surface area (Å²) in [4.78, 5) is 10.9. The summed E-state index contributed by atoms with van der Waals surface area (Å²) >= 11 is 0. The van der Waals surface area contributed by atoms with E-state index in [0.717, 1.165) is 0 Å². The standard InChI is InChI=1S/C8H16O2/c1-6(2)7(9)10-8(3,4)5/h6H,1-5H3. The van der Waals surface area contributed by atoms with E-state index in [1.54, 1.807) is 0 Å². The molecule has 2 nitrogen and oxygen atoms in total. The maximum absolute atomic E-state index is 10.9. The number of carbonyl (C=O) groups excluding carboxylic acids is 1. The van der Waals surface area contributed by atoms with Crippen molar-refractivity contribution in [2.24, 2.45) is 5.92 Å². The highest BCUT2D eigenvalue weighted by Gasteiger charge is 2.17. The molecule has 0 saturated carbocycles. The number of esters is 1. The third-order valence-corrected chi connectivity index (χ3v) is 0.878. The number of hydrogen-bond acceptors (Lipinski definition) is 2. The van der Waals surface area contributed by atoms with Crippen molar-refractivity contribution in [1.82, 2.24) is 0 Å². The SMILES string of the molecule is CC(C)C(=O)OC(C)(C)C. The lowest BCUT2D eigenvalue weighted by Crippen LogP contribution is -2.26. The van der Waals surface area contributed by atoms with Gasteiger partial charge >= 0.3 is 5.97 Å². The molecule has 0 fully saturated rings. The van der Waals surface area contributed by atoms with Crippen LogP contribution in [-0.2, 0) is 9.53 Å². The van der Waals surface area contributed by atoms with Crippen molar-refractivity contribution in [3.05, 3.63) is 0 Å². The molecule has 60 valence electrons. The van der Waals surface area contributed by atoms with Crippen LogP contribution >= 0.6 is 0 Å². The highest BCUT2D eigenvalue weighted by molar-refractivity contribution is 5.71. The highest BCUT2D eigenvalue weighted by atomic mass is 16.6. The first kappa shape index (κ1) is 9.47. The van der Waals surface area contributed by atoms with E-state index in [1.807, 2.05) is 34.6 Å². The van der Waals surface area contributed by atoms with Crippen LogP contribution in [-0.4, -0.2) is 11.6 Å². The zero-order valence-electron chi connectivity index (χ0n) is 7.39. The molecule has 0 radical (unpaired) electrons. The Morgan fingerprint density at radius 3 is 1.80 bits per heavy atom. The molecular formula is C8H16O2. The van der Waals surface area contributed by atoms with Gasteiger partial charge in [0.2, 0.25) is 0 Å². The molecule has 0 aromatic carbocycles. The van der Waals surface area contributed by atoms with Crippen LogP contribution in [0.2, 0.25) is 0 Å². The zero-order chi connectivity index (χ0) is 8.36. The molecule has 0 aromatic rings. The summed E-state index contributed by atoms with van der Waals surface area (Å²) in [6.07, 6.45) is 0. The second kappa shape index (κ2) is 3.04. The molecule has 0 amide bonds. The van der Waals surface area contributed by atoms with E-state index in [2.05, 4.69) is 0 Å². The summed E-state index contributed by atoms with van der Waals surface area (Å²) in [7, 11) is 0. The predicted molar refractivity (Wildman–Crippen MR) is 40.7 cm³/mol. The largest absolute Gasteiger partial charge is 0.460 e. The topological polar surface area (TPSA) is 26.3 Å². The van der Waals surface area contributed by atoms with Gasteiger partial charge in [0.05, 0.1) is 5.92 Å². The molecule has 0 aliphatic carbocycles. The van der Waals surface area contributed by atoms with Crippen molar-refractivity contribution in [1.29, 1.82) is 0 Å². The monoisotopic (exact) mass is 144 g/mol. The Bertz CT molecular complexity index is 120. The molecule has 0 unspecified atom stereocenters. The normalized spacial score (nSPS) is 11.8. The maximum Gasteiger partial charge on any atom is 0.308 e. The van der Waals surface area contributed by atoms with E-state index in [4.69, 9.17) is 4.74 Å². The molecule has 0 aromatic heterocycles. The highest BCUT2D eigenvalue weighted by Crippen LogP contribution is 2.10. The van der Waals surface area contributed by atoms with Crippen LogP contribution in [0.4, 0.5) is 0 Å². The lowest BCUT2D eigenvalue weighted by Gasteiger charge is -2.20. The molecule has 0 N–H and O–H groups in total. The zero-order valence-corrected chi connectivity index (χ0v) is 7.39. The van der Waals surface area contributed by atoms with Crippen LogP contribution in [0.1, 0.15) is 34.6 Å². The number of carbonyl (C=O) groups is 1. The number of hydrogen-bond donors (Lipinski definition) is 0. The van der Waals surface area contributed by atoms with Gasteiger partial charge in [-0.2, -0.15) is 0 Å². The Morgan fingerprint density at radius 1 is 1.30 bits per heavy atom. The van der Waals surface area contributed by atoms with Gasteiger partial charge in [-0.3, -0.25) is 4.79 Å². The smallest absolute Gasteiger partial charge is 0.308 e. The van der Waals surface area contributed by atoms with Crippen molar-refractivity contribution in [3.8, 4) is 0 Å². The van der Waals surface area contributed by atoms with Crippen LogP contribution in [0.3, 0.4) is 0 Å². The van der Waals surface area contributed by atoms with Crippen LogP contribution in [0.25, 0.3) is 0 Å². The lowest BCUT2D eigenvalue weighted by atomic mass is 10.1. The van der Waals surface area contributed by atoms with E-state index in [1.165, 1.54) is 0 Å². The van der Waals surface area contributed by atoms with Gasteiger partial charge in [0.1, 0.15) is 5.60 Å². The van der Waals surface area contributed by atoms with Crippen LogP contribution in [0.5, 0.6) is 0 Å². The van der Waals surface area contributed by atoms with Crippen LogP contribution < -0.4 is 0 Å². The first-order chi connectivity index (χ1) is 4.33. The minimum Gasteiger partial charge on any atom is -0.460 e. The van der Waals surface area contributed by atoms with Crippen molar-refractivity contribution in [3.63, 3.8) is 0 Å². The fourth-order valence-electron chi connectivity index (χ4n) is 0.420. The van der Waals surface area contributed by atoms with Gasteiger partial charge in [-0.25, -0.2) is 0 Å². The second-order valence-corrected chi connectivity index (χ2v) is 3.69. The first-order valence-electron chi connectivity index (χ1n) is 3.56. The molecule has 0 bridgehead atoms. The third-order valence-electron chi connectivity index (χ3n) is 0.878. The minimum absolute atomic E-state index is 0.0285. The average Bonchev–Trinajstić information content (AvgIpc) is 1.60. The Kier molecular flexibility index (Phi) is 2.88. The van der Waals surface area contributed by atoms with Gasteiger partial charge in [0, 0.05) is 0 Å². The maximum atomic E-state index is 10.9. The van der Waals surface area contributed by atoms with E-state index < -0.39 is 0 Å². The van der Waals surface area contributed by atoms with Crippen LogP contribution in [0.15, 0.2) is 0 Å². The summed E-state index contributed by atoms with van der Waals surface area (Å²) < 4.78 is 5.06. The molecule has 0 aliphatic rings. The van der Waals surface area contributed by atoms with E-state index >= 15 is 0 Å². The van der Waals surface area contributed by atoms with E-state index in [-0.39, 0.29) is 17.5 Å². The molecule has 0 rings (SSSR count). The van der Waals surface area contributed by atoms with Crippen molar-refractivity contribution >= 4 is 5.97 Å². The molecule has 0 saturated heterocycles. The summed E-state index contributed by atoms with van der Waals surface area (Å²) in [5, 5.41) is 0. The summed E-state index contributed by atoms with van der Waals surface area (Å²) in [5.74, 6) is -0.160. The van der Waals surface area contributed by atoms with Gasteiger partial charge in [0.25, 0.3) is 0 Å². The molecule has 2 heteroatoms. The fraction of sp³-hybridized carbons (Fsp3) is 0.875. The quantitative estimate of drug-likeness (QED) is 0.526. The third kappa shape index (κ3) is 4.36. The molecular weight excluding hydrogens is 128 g/mol. The molecule has 0 heterocycles. The minimum atomic E-state index is -0.346. The van der Waals surface area contributed by atoms with E-state index in [0.29, 0.717) is 0 Å². The van der Waals surface area contributed by atoms with Gasteiger partial charge in [-0.05, 0) is 20.8 Å². The van der Waals surface area contributed by atoms with Gasteiger partial charge in [-0.1, -0.05) is 13.8 Å². The van der Waals surface area contributed by atoms with Crippen molar-refractivity contribution in [2.45, 2.75) is 40.2 Å².